The summed E-state index contributed by atoms with van der Waals surface area (Å²) in [5.74, 6) is -1.38. The molecule has 3 saturated heterocycles. The molecule has 0 N–H and O–H groups in total. The number of nitrogens with zero attached hydrogens (tertiary/aromatic N) is 2. The average molecular weight is 453 g/mol. The Hall–Kier alpha value is -2.80. The number of hydrogen-bond donors (Lipinski definition) is 0. The molecule has 6 rings (SSSR count). The van der Waals surface area contributed by atoms with E-state index in [0.717, 1.165) is 30.9 Å². The Bertz CT molecular complexity index is 1120. The van der Waals surface area contributed by atoms with Gasteiger partial charge in [-0.1, -0.05) is 12.1 Å². The standard InChI is InChI=1S/C26H26F2N2O3/c27-18-13-17(14-19(28)15-18)22-7-8-23-30(22)25(32)26(33-23)9-11-29(12-10-26)24(31)21-6-2-4-16-3-1-5-20(16)21/h2,4,6,13-15,22-23H,1,3,5,7-12H2. The lowest BCUT2D eigenvalue weighted by Gasteiger charge is -2.37. The van der Waals surface area contributed by atoms with Crippen LogP contribution >= 0.6 is 0 Å². The van der Waals surface area contributed by atoms with Crippen LogP contribution in [0.1, 0.15) is 65.2 Å². The topological polar surface area (TPSA) is 49.9 Å². The molecule has 4 aliphatic rings. The summed E-state index contributed by atoms with van der Waals surface area (Å²) in [5, 5.41) is 0. The van der Waals surface area contributed by atoms with Gasteiger partial charge in [-0.2, -0.15) is 0 Å². The predicted molar refractivity (Wildman–Crippen MR) is 116 cm³/mol. The highest BCUT2D eigenvalue weighted by atomic mass is 19.1. The number of likely N-dealkylation sites (tertiary alicyclic amines) is 1. The van der Waals surface area contributed by atoms with Crippen LogP contribution in [-0.2, 0) is 22.4 Å². The molecule has 2 atom stereocenters. The van der Waals surface area contributed by atoms with Crippen molar-refractivity contribution in [1.29, 1.82) is 0 Å². The van der Waals surface area contributed by atoms with Gasteiger partial charge in [0.15, 0.2) is 5.60 Å². The first-order valence-corrected chi connectivity index (χ1v) is 11.8. The van der Waals surface area contributed by atoms with Crippen LogP contribution in [-0.4, -0.2) is 46.5 Å². The Morgan fingerprint density at radius 2 is 1.79 bits per heavy atom. The van der Waals surface area contributed by atoms with Crippen LogP contribution in [0.15, 0.2) is 36.4 Å². The fourth-order valence-corrected chi connectivity index (χ4v) is 6.20. The lowest BCUT2D eigenvalue weighted by atomic mass is 9.89. The van der Waals surface area contributed by atoms with Gasteiger partial charge in [0, 0.05) is 37.6 Å². The maximum atomic E-state index is 13.8. The largest absolute Gasteiger partial charge is 0.342 e. The van der Waals surface area contributed by atoms with Crippen molar-refractivity contribution in [3.63, 3.8) is 0 Å². The number of fused-ring (bicyclic) bond motifs is 2. The number of amides is 2. The molecule has 0 bridgehead atoms. The number of hydrogen-bond acceptors (Lipinski definition) is 3. The van der Waals surface area contributed by atoms with E-state index in [1.54, 1.807) is 4.90 Å². The Balaban J connectivity index is 1.19. The van der Waals surface area contributed by atoms with Gasteiger partial charge in [0.2, 0.25) is 0 Å². The second-order valence-corrected chi connectivity index (χ2v) is 9.66. The maximum absolute atomic E-state index is 13.8. The van der Waals surface area contributed by atoms with Crippen LogP contribution in [0.25, 0.3) is 0 Å². The summed E-state index contributed by atoms with van der Waals surface area (Å²) >= 11 is 0. The van der Waals surface area contributed by atoms with Crippen molar-refractivity contribution in [3.05, 3.63) is 70.3 Å². The van der Waals surface area contributed by atoms with E-state index in [1.807, 2.05) is 17.0 Å². The molecule has 2 unspecified atom stereocenters. The van der Waals surface area contributed by atoms with E-state index in [9.17, 15) is 18.4 Å². The van der Waals surface area contributed by atoms with Crippen LogP contribution < -0.4 is 0 Å². The van der Waals surface area contributed by atoms with Crippen molar-refractivity contribution < 1.29 is 23.1 Å². The van der Waals surface area contributed by atoms with Gasteiger partial charge in [0.05, 0.1) is 6.04 Å². The zero-order chi connectivity index (χ0) is 22.7. The Morgan fingerprint density at radius 1 is 1.03 bits per heavy atom. The number of benzene rings is 2. The first kappa shape index (κ1) is 20.8. The van der Waals surface area contributed by atoms with Crippen LogP contribution in [0.5, 0.6) is 0 Å². The van der Waals surface area contributed by atoms with Gasteiger partial charge >= 0.3 is 0 Å². The summed E-state index contributed by atoms with van der Waals surface area (Å²) < 4.78 is 33.9. The number of aryl methyl sites for hydroxylation is 1. The molecule has 2 aromatic rings. The van der Waals surface area contributed by atoms with Gasteiger partial charge in [-0.15, -0.1) is 0 Å². The van der Waals surface area contributed by atoms with Crippen LogP contribution in [0.2, 0.25) is 0 Å². The van der Waals surface area contributed by atoms with Crippen molar-refractivity contribution >= 4 is 11.8 Å². The zero-order valence-electron chi connectivity index (χ0n) is 18.4. The fraction of sp³-hybridized carbons (Fsp3) is 0.462. The third kappa shape index (κ3) is 3.28. The molecule has 1 aliphatic carbocycles. The van der Waals surface area contributed by atoms with Crippen molar-refractivity contribution in [2.45, 2.75) is 62.8 Å². The van der Waals surface area contributed by atoms with Gasteiger partial charge in [-0.3, -0.25) is 9.59 Å². The first-order chi connectivity index (χ1) is 15.9. The van der Waals surface area contributed by atoms with E-state index in [2.05, 4.69) is 6.07 Å². The van der Waals surface area contributed by atoms with Crippen molar-refractivity contribution in [2.75, 3.05) is 13.1 Å². The summed E-state index contributed by atoms with van der Waals surface area (Å²) in [4.78, 5) is 30.3. The molecule has 0 aromatic heterocycles. The van der Waals surface area contributed by atoms with Crippen molar-refractivity contribution in [3.8, 4) is 0 Å². The van der Waals surface area contributed by atoms with Crippen LogP contribution in [0.4, 0.5) is 8.78 Å². The van der Waals surface area contributed by atoms with Gasteiger partial charge in [0.25, 0.3) is 11.8 Å². The highest BCUT2D eigenvalue weighted by Crippen LogP contribution is 2.48. The van der Waals surface area contributed by atoms with E-state index in [-0.39, 0.29) is 18.0 Å². The van der Waals surface area contributed by atoms with E-state index in [0.29, 0.717) is 44.3 Å². The van der Waals surface area contributed by atoms with E-state index in [4.69, 9.17) is 4.74 Å². The highest BCUT2D eigenvalue weighted by molar-refractivity contribution is 5.96. The van der Waals surface area contributed by atoms with Crippen LogP contribution in [0, 0.1) is 11.6 Å². The lowest BCUT2D eigenvalue weighted by molar-refractivity contribution is -0.142. The van der Waals surface area contributed by atoms with Gasteiger partial charge in [-0.25, -0.2) is 8.78 Å². The molecule has 5 nitrogen and oxygen atoms in total. The molecular weight excluding hydrogens is 426 g/mol. The number of piperidine rings is 1. The molecule has 2 aromatic carbocycles. The SMILES string of the molecule is O=C(c1cccc2c1CCC2)N1CCC2(CC1)OC1CCC(c3cc(F)cc(F)c3)N1C2=O. The highest BCUT2D eigenvalue weighted by Gasteiger charge is 2.58. The minimum Gasteiger partial charge on any atom is -0.342 e. The summed E-state index contributed by atoms with van der Waals surface area (Å²) in [6.07, 6.45) is 4.78. The maximum Gasteiger partial charge on any atom is 0.257 e. The third-order valence-electron chi connectivity index (χ3n) is 7.82. The molecule has 172 valence electrons. The number of rotatable bonds is 2. The number of ether oxygens (including phenoxy) is 1. The smallest absolute Gasteiger partial charge is 0.257 e. The predicted octanol–water partition coefficient (Wildman–Crippen LogP) is 4.15. The molecule has 33 heavy (non-hydrogen) atoms. The van der Waals surface area contributed by atoms with Crippen molar-refractivity contribution in [2.24, 2.45) is 0 Å². The van der Waals surface area contributed by atoms with Crippen molar-refractivity contribution in [1.82, 2.24) is 9.80 Å². The molecule has 3 fully saturated rings. The third-order valence-corrected chi connectivity index (χ3v) is 7.82. The molecule has 3 heterocycles. The summed E-state index contributed by atoms with van der Waals surface area (Å²) in [6.45, 7) is 0.905. The van der Waals surface area contributed by atoms with Gasteiger partial charge in [-0.05, 0) is 67.0 Å². The molecule has 7 heteroatoms. The Labute approximate surface area is 191 Å². The van der Waals surface area contributed by atoms with E-state index in [1.165, 1.54) is 23.3 Å². The quantitative estimate of drug-likeness (QED) is 0.688. The van der Waals surface area contributed by atoms with Crippen LogP contribution in [0.3, 0.4) is 0 Å². The van der Waals surface area contributed by atoms with Gasteiger partial charge < -0.3 is 14.5 Å². The number of carbonyl (C=O) groups is 2. The molecule has 0 saturated carbocycles. The lowest BCUT2D eigenvalue weighted by Crippen LogP contribution is -2.51. The fourth-order valence-electron chi connectivity index (χ4n) is 6.20. The Kier molecular flexibility index (Phi) is 4.80. The van der Waals surface area contributed by atoms with Gasteiger partial charge in [0.1, 0.15) is 17.9 Å². The molecule has 1 spiro atoms. The average Bonchev–Trinajstić information content (AvgIpc) is 3.50. The monoisotopic (exact) mass is 452 g/mol. The van der Waals surface area contributed by atoms with E-state index < -0.39 is 23.3 Å². The normalized spacial score (nSPS) is 25.6. The molecule has 3 aliphatic heterocycles. The second-order valence-electron chi connectivity index (χ2n) is 9.66. The summed E-state index contributed by atoms with van der Waals surface area (Å²) in [7, 11) is 0. The summed E-state index contributed by atoms with van der Waals surface area (Å²) in [5.41, 5.74) is 2.74. The number of halogens is 2. The first-order valence-electron chi connectivity index (χ1n) is 11.8. The van der Waals surface area contributed by atoms with E-state index >= 15 is 0 Å². The minimum atomic E-state index is -0.954. The molecular formula is C26H26F2N2O3. The molecule has 0 radical (unpaired) electrons. The second kappa shape index (κ2) is 7.62. The zero-order valence-corrected chi connectivity index (χ0v) is 18.4. The minimum absolute atomic E-state index is 0.0302. The summed E-state index contributed by atoms with van der Waals surface area (Å²) in [6, 6.07) is 9.02. The Morgan fingerprint density at radius 3 is 2.55 bits per heavy atom. The molecule has 2 amide bonds. The number of carbonyl (C=O) groups excluding carboxylic acids is 2.